The summed E-state index contributed by atoms with van der Waals surface area (Å²) in [5, 5.41) is 6.42. The van der Waals surface area contributed by atoms with Gasteiger partial charge in [0.15, 0.2) is 5.96 Å². The molecule has 2 rings (SSSR count). The molecule has 126 valence electrons. The minimum atomic E-state index is 0.0848. The van der Waals surface area contributed by atoms with Crippen LogP contribution in [0.15, 0.2) is 29.3 Å². The van der Waals surface area contributed by atoms with E-state index in [1.165, 1.54) is 11.1 Å². The van der Waals surface area contributed by atoms with Gasteiger partial charge in [0.1, 0.15) is 6.54 Å². The summed E-state index contributed by atoms with van der Waals surface area (Å²) in [6.07, 6.45) is 3.00. The summed E-state index contributed by atoms with van der Waals surface area (Å²) in [4.78, 5) is 18.7. The average molecular weight is 334 g/mol. The van der Waals surface area contributed by atoms with Gasteiger partial charge in [0.2, 0.25) is 5.91 Å². The predicted octanol–water partition coefficient (Wildman–Crippen LogP) is 1.49. The Morgan fingerprint density at radius 2 is 2.09 bits per heavy atom. The lowest BCUT2D eigenvalue weighted by Gasteiger charge is -2.28. The number of nitrogens with one attached hydrogen (secondary N) is 2. The number of thioether (sulfide) groups is 1. The van der Waals surface area contributed by atoms with Crippen LogP contribution in [0.4, 0.5) is 0 Å². The Hall–Kier alpha value is -1.69. The lowest BCUT2D eigenvalue weighted by Crippen LogP contribution is -2.41. The molecular weight excluding hydrogens is 308 g/mol. The molecule has 1 heterocycles. The van der Waals surface area contributed by atoms with E-state index in [1.807, 2.05) is 17.9 Å². The molecule has 0 fully saturated rings. The number of amides is 1. The number of guanidine groups is 1. The van der Waals surface area contributed by atoms with Crippen LogP contribution in [0.1, 0.15) is 18.1 Å². The molecule has 0 aliphatic carbocycles. The summed E-state index contributed by atoms with van der Waals surface area (Å²) in [6, 6.07) is 8.34. The van der Waals surface area contributed by atoms with E-state index in [1.54, 1.807) is 11.8 Å². The first-order valence-corrected chi connectivity index (χ1v) is 9.49. The molecule has 0 unspecified atom stereocenters. The third-order valence-corrected chi connectivity index (χ3v) is 4.41. The molecule has 0 saturated carbocycles. The summed E-state index contributed by atoms with van der Waals surface area (Å²) in [7, 11) is 0. The molecule has 2 N–H and O–H groups in total. The van der Waals surface area contributed by atoms with Gasteiger partial charge in [-0.1, -0.05) is 24.3 Å². The van der Waals surface area contributed by atoms with E-state index < -0.39 is 0 Å². The fraction of sp³-hybridized carbons (Fsp3) is 0.529. The zero-order valence-electron chi connectivity index (χ0n) is 14.0. The maximum Gasteiger partial charge on any atom is 0.244 e. The molecule has 1 aliphatic rings. The quantitative estimate of drug-likeness (QED) is 0.470. The largest absolute Gasteiger partial charge is 0.357 e. The zero-order valence-corrected chi connectivity index (χ0v) is 14.8. The monoisotopic (exact) mass is 334 g/mol. The van der Waals surface area contributed by atoms with Crippen LogP contribution in [-0.4, -0.2) is 55.0 Å². The summed E-state index contributed by atoms with van der Waals surface area (Å²) in [5.74, 6) is 1.82. The van der Waals surface area contributed by atoms with Crippen molar-refractivity contribution in [2.45, 2.75) is 19.9 Å². The van der Waals surface area contributed by atoms with Crippen LogP contribution in [0.5, 0.6) is 0 Å². The van der Waals surface area contributed by atoms with Crippen molar-refractivity contribution in [1.82, 2.24) is 15.5 Å². The Morgan fingerprint density at radius 3 is 2.83 bits per heavy atom. The van der Waals surface area contributed by atoms with Crippen molar-refractivity contribution in [2.24, 2.45) is 4.99 Å². The van der Waals surface area contributed by atoms with Gasteiger partial charge in [0.25, 0.3) is 0 Å². The molecule has 0 radical (unpaired) electrons. The lowest BCUT2D eigenvalue weighted by molar-refractivity contribution is -0.130. The molecule has 0 bridgehead atoms. The van der Waals surface area contributed by atoms with Crippen molar-refractivity contribution in [3.8, 4) is 0 Å². The number of carbonyl (C=O) groups excluding carboxylic acids is 1. The van der Waals surface area contributed by atoms with E-state index in [0.717, 1.165) is 31.8 Å². The second-order valence-electron chi connectivity index (χ2n) is 5.45. The summed E-state index contributed by atoms with van der Waals surface area (Å²) in [6.45, 7) is 5.32. The minimum absolute atomic E-state index is 0.0848. The third-order valence-electron chi connectivity index (χ3n) is 3.80. The third kappa shape index (κ3) is 5.46. The van der Waals surface area contributed by atoms with Crippen LogP contribution in [-0.2, 0) is 17.8 Å². The topological polar surface area (TPSA) is 56.7 Å². The standard InChI is InChI=1S/C17H26N4OS/c1-3-18-17(19-9-11-23-2)20-12-16(22)21-10-8-14-6-4-5-7-15(14)13-21/h4-7H,3,8-13H2,1-2H3,(H2,18,19,20). The molecule has 1 amide bonds. The zero-order chi connectivity index (χ0) is 16.5. The summed E-state index contributed by atoms with van der Waals surface area (Å²) >= 11 is 1.78. The van der Waals surface area contributed by atoms with Gasteiger partial charge in [-0.05, 0) is 30.7 Å². The molecule has 0 spiro atoms. The number of aliphatic imine (C=N–C) groups is 1. The number of rotatable bonds is 6. The van der Waals surface area contributed by atoms with Gasteiger partial charge in [0, 0.05) is 31.9 Å². The summed E-state index contributed by atoms with van der Waals surface area (Å²) < 4.78 is 0. The van der Waals surface area contributed by atoms with Crippen molar-refractivity contribution in [3.05, 3.63) is 35.4 Å². The molecule has 5 nitrogen and oxygen atoms in total. The summed E-state index contributed by atoms with van der Waals surface area (Å²) in [5.41, 5.74) is 2.60. The second-order valence-corrected chi connectivity index (χ2v) is 6.43. The van der Waals surface area contributed by atoms with E-state index >= 15 is 0 Å². The van der Waals surface area contributed by atoms with Gasteiger partial charge < -0.3 is 15.5 Å². The Bertz CT molecular complexity index is 547. The molecule has 1 aromatic rings. The van der Waals surface area contributed by atoms with E-state index in [0.29, 0.717) is 12.5 Å². The van der Waals surface area contributed by atoms with Gasteiger partial charge in [0.05, 0.1) is 0 Å². The van der Waals surface area contributed by atoms with Crippen molar-refractivity contribution < 1.29 is 4.79 Å². The van der Waals surface area contributed by atoms with E-state index in [9.17, 15) is 4.79 Å². The fourth-order valence-electron chi connectivity index (χ4n) is 2.57. The van der Waals surface area contributed by atoms with Crippen LogP contribution >= 0.6 is 11.8 Å². The molecule has 1 aliphatic heterocycles. The van der Waals surface area contributed by atoms with Crippen LogP contribution in [0.25, 0.3) is 0 Å². The van der Waals surface area contributed by atoms with Gasteiger partial charge in [-0.2, -0.15) is 11.8 Å². The molecule has 0 atom stereocenters. The van der Waals surface area contributed by atoms with Crippen LogP contribution in [0.2, 0.25) is 0 Å². The number of nitrogens with zero attached hydrogens (tertiary/aromatic N) is 2. The van der Waals surface area contributed by atoms with E-state index in [4.69, 9.17) is 0 Å². The van der Waals surface area contributed by atoms with Crippen LogP contribution < -0.4 is 10.6 Å². The minimum Gasteiger partial charge on any atom is -0.357 e. The van der Waals surface area contributed by atoms with Gasteiger partial charge in [-0.3, -0.25) is 4.79 Å². The fourth-order valence-corrected chi connectivity index (χ4v) is 2.87. The van der Waals surface area contributed by atoms with Crippen LogP contribution in [0, 0.1) is 0 Å². The van der Waals surface area contributed by atoms with Gasteiger partial charge in [-0.25, -0.2) is 4.99 Å². The molecule has 23 heavy (non-hydrogen) atoms. The highest BCUT2D eigenvalue weighted by Crippen LogP contribution is 2.18. The van der Waals surface area contributed by atoms with Crippen LogP contribution in [0.3, 0.4) is 0 Å². The SMILES string of the molecule is CCNC(=NCC(=O)N1CCc2ccccc2C1)NCCSC. The second kappa shape index (κ2) is 9.45. The normalized spacial score (nSPS) is 14.3. The number of hydrogen-bond acceptors (Lipinski definition) is 3. The average Bonchev–Trinajstić information content (AvgIpc) is 2.59. The molecule has 0 saturated heterocycles. The van der Waals surface area contributed by atoms with Crippen molar-refractivity contribution in [1.29, 1.82) is 0 Å². The van der Waals surface area contributed by atoms with Crippen molar-refractivity contribution >= 4 is 23.6 Å². The maximum absolute atomic E-state index is 12.4. The Morgan fingerprint density at radius 1 is 1.30 bits per heavy atom. The molecule has 1 aromatic carbocycles. The molecule has 6 heteroatoms. The van der Waals surface area contributed by atoms with Gasteiger partial charge >= 0.3 is 0 Å². The van der Waals surface area contributed by atoms with E-state index in [-0.39, 0.29) is 12.5 Å². The van der Waals surface area contributed by atoms with Crippen molar-refractivity contribution in [3.63, 3.8) is 0 Å². The lowest BCUT2D eigenvalue weighted by atomic mass is 10.00. The maximum atomic E-state index is 12.4. The van der Waals surface area contributed by atoms with Crippen molar-refractivity contribution in [2.75, 3.05) is 38.2 Å². The first kappa shape index (κ1) is 17.7. The highest BCUT2D eigenvalue weighted by Gasteiger charge is 2.19. The highest BCUT2D eigenvalue weighted by molar-refractivity contribution is 7.98. The Balaban J connectivity index is 1.89. The smallest absolute Gasteiger partial charge is 0.244 e. The molecular formula is C17H26N4OS. The Kier molecular flexibility index (Phi) is 7.26. The highest BCUT2D eigenvalue weighted by atomic mass is 32.2. The number of fused-ring (bicyclic) bond motifs is 1. The number of benzene rings is 1. The van der Waals surface area contributed by atoms with Gasteiger partial charge in [-0.15, -0.1) is 0 Å². The number of carbonyl (C=O) groups is 1. The Labute approximate surface area is 142 Å². The molecule has 0 aromatic heterocycles. The van der Waals surface area contributed by atoms with E-state index in [2.05, 4.69) is 40.1 Å². The first-order valence-electron chi connectivity index (χ1n) is 8.10. The first-order chi connectivity index (χ1) is 11.2. The number of hydrogen-bond donors (Lipinski definition) is 2. The predicted molar refractivity (Wildman–Crippen MR) is 97.9 cm³/mol.